The first kappa shape index (κ1) is 36.1. The van der Waals surface area contributed by atoms with Crippen LogP contribution in [0.3, 0.4) is 0 Å². The Bertz CT molecular complexity index is 3840. The van der Waals surface area contributed by atoms with Gasteiger partial charge in [-0.3, -0.25) is 0 Å². The van der Waals surface area contributed by atoms with Crippen LogP contribution in [0.1, 0.15) is 0 Å². The summed E-state index contributed by atoms with van der Waals surface area (Å²) >= 11 is 0. The Morgan fingerprint density at radius 3 is 1.64 bits per heavy atom. The van der Waals surface area contributed by atoms with Crippen LogP contribution < -0.4 is 4.90 Å². The molecule has 0 atom stereocenters. The van der Waals surface area contributed by atoms with E-state index in [4.69, 9.17) is 8.83 Å². The molecule has 0 aliphatic carbocycles. The van der Waals surface area contributed by atoms with Crippen molar-refractivity contribution in [3.63, 3.8) is 0 Å². The van der Waals surface area contributed by atoms with Crippen molar-refractivity contribution in [2.24, 2.45) is 0 Å². The monoisotopic (exact) mass is 818 g/mol. The van der Waals surface area contributed by atoms with Crippen molar-refractivity contribution < 1.29 is 8.83 Å². The van der Waals surface area contributed by atoms with Crippen LogP contribution >= 0.6 is 0 Å². The molecule has 13 aromatic rings. The number of nitrogens with zero attached hydrogens (tertiary/aromatic N) is 2. The van der Waals surface area contributed by atoms with Crippen molar-refractivity contribution in [2.75, 3.05) is 4.90 Å². The first-order chi connectivity index (χ1) is 31.8. The Morgan fingerprint density at radius 1 is 0.328 bits per heavy atom. The van der Waals surface area contributed by atoms with Crippen LogP contribution in [-0.2, 0) is 0 Å². The molecule has 300 valence electrons. The average Bonchev–Trinajstić information content (AvgIpc) is 4.05. The molecule has 0 unspecified atom stereocenters. The smallest absolute Gasteiger partial charge is 0.145 e. The summed E-state index contributed by atoms with van der Waals surface area (Å²) in [6.45, 7) is 0. The molecule has 0 saturated carbocycles. The van der Waals surface area contributed by atoms with E-state index in [-0.39, 0.29) is 0 Å². The van der Waals surface area contributed by atoms with E-state index < -0.39 is 0 Å². The van der Waals surface area contributed by atoms with Gasteiger partial charge in [0.2, 0.25) is 0 Å². The van der Waals surface area contributed by atoms with Gasteiger partial charge in [0, 0.05) is 54.8 Å². The van der Waals surface area contributed by atoms with Crippen LogP contribution in [-0.4, -0.2) is 4.57 Å². The molecular weight excluding hydrogens is 781 g/mol. The van der Waals surface area contributed by atoms with Gasteiger partial charge in [0.05, 0.1) is 22.4 Å². The predicted octanol–water partition coefficient (Wildman–Crippen LogP) is 17.1. The highest BCUT2D eigenvalue weighted by molar-refractivity contribution is 6.16. The average molecular weight is 819 g/mol. The maximum absolute atomic E-state index is 6.96. The predicted molar refractivity (Wildman–Crippen MR) is 266 cm³/mol. The summed E-state index contributed by atoms with van der Waals surface area (Å²) in [6.07, 6.45) is 0. The van der Waals surface area contributed by atoms with E-state index in [0.717, 1.165) is 94.4 Å². The van der Waals surface area contributed by atoms with Crippen molar-refractivity contribution >= 4 is 82.7 Å². The van der Waals surface area contributed by atoms with Crippen molar-refractivity contribution in [3.8, 4) is 39.1 Å². The lowest BCUT2D eigenvalue weighted by Gasteiger charge is -2.30. The Balaban J connectivity index is 1.07. The molecule has 13 rings (SSSR count). The van der Waals surface area contributed by atoms with Gasteiger partial charge in [0.1, 0.15) is 22.3 Å². The molecule has 3 aromatic heterocycles. The molecule has 0 aliphatic rings. The van der Waals surface area contributed by atoms with Crippen molar-refractivity contribution in [1.29, 1.82) is 0 Å². The van der Waals surface area contributed by atoms with Gasteiger partial charge in [0.15, 0.2) is 0 Å². The van der Waals surface area contributed by atoms with Crippen LogP contribution in [0, 0.1) is 0 Å². The molecule has 0 spiro atoms. The second-order valence-electron chi connectivity index (χ2n) is 16.4. The summed E-state index contributed by atoms with van der Waals surface area (Å²) in [5.74, 6) is 0. The molecule has 0 bridgehead atoms. The van der Waals surface area contributed by atoms with Gasteiger partial charge in [-0.25, -0.2) is 0 Å². The van der Waals surface area contributed by atoms with Gasteiger partial charge < -0.3 is 18.3 Å². The molecule has 4 nitrogen and oxygen atoms in total. The third-order valence-electron chi connectivity index (χ3n) is 12.8. The van der Waals surface area contributed by atoms with Crippen LogP contribution in [0.2, 0.25) is 0 Å². The van der Waals surface area contributed by atoms with E-state index in [2.05, 4.69) is 222 Å². The van der Waals surface area contributed by atoms with E-state index in [1.54, 1.807) is 0 Å². The lowest BCUT2D eigenvalue weighted by molar-refractivity contribution is 0.669. The second-order valence-corrected chi connectivity index (χ2v) is 16.4. The number of hydrogen-bond donors (Lipinski definition) is 0. The molecule has 3 heterocycles. The Hall–Kier alpha value is -8.60. The Kier molecular flexibility index (Phi) is 8.18. The summed E-state index contributed by atoms with van der Waals surface area (Å²) in [5, 5.41) is 6.83. The molecule has 0 aliphatic heterocycles. The van der Waals surface area contributed by atoms with Crippen LogP contribution in [0.4, 0.5) is 17.1 Å². The van der Waals surface area contributed by atoms with Gasteiger partial charge in [-0.2, -0.15) is 0 Å². The fourth-order valence-corrected chi connectivity index (χ4v) is 9.96. The fourth-order valence-electron chi connectivity index (χ4n) is 9.96. The number of anilines is 3. The Labute approximate surface area is 369 Å². The minimum absolute atomic E-state index is 0.842. The normalized spacial score (nSPS) is 11.8. The van der Waals surface area contributed by atoms with E-state index >= 15 is 0 Å². The van der Waals surface area contributed by atoms with Gasteiger partial charge in [-0.05, 0) is 95.1 Å². The third kappa shape index (κ3) is 5.63. The van der Waals surface area contributed by atoms with Gasteiger partial charge in [0.25, 0.3) is 0 Å². The summed E-state index contributed by atoms with van der Waals surface area (Å²) < 4.78 is 15.8. The summed E-state index contributed by atoms with van der Waals surface area (Å²) in [7, 11) is 0. The number of furan rings is 2. The van der Waals surface area contributed by atoms with Gasteiger partial charge in [-0.1, -0.05) is 158 Å². The lowest BCUT2D eigenvalue weighted by Crippen LogP contribution is -2.12. The summed E-state index contributed by atoms with van der Waals surface area (Å²) in [6, 6.07) is 82.1. The molecule has 0 fully saturated rings. The highest BCUT2D eigenvalue weighted by atomic mass is 16.3. The molecule has 4 heteroatoms. The molecule has 0 saturated heterocycles. The van der Waals surface area contributed by atoms with E-state index in [1.807, 2.05) is 18.2 Å². The molecule has 64 heavy (non-hydrogen) atoms. The highest BCUT2D eigenvalue weighted by Gasteiger charge is 2.26. The Morgan fingerprint density at radius 2 is 0.891 bits per heavy atom. The summed E-state index contributed by atoms with van der Waals surface area (Å²) in [4.78, 5) is 2.41. The number of para-hydroxylation sites is 5. The van der Waals surface area contributed by atoms with Crippen LogP contribution in [0.15, 0.2) is 239 Å². The maximum Gasteiger partial charge on any atom is 0.145 e. The zero-order valence-corrected chi connectivity index (χ0v) is 34.7. The minimum atomic E-state index is 0.842. The van der Waals surface area contributed by atoms with Crippen molar-refractivity contribution in [2.45, 2.75) is 0 Å². The standard InChI is InChI=1S/C60H38N2O2/c1-2-15-39(16-3-1)40-29-33-43(34-30-40)62(53-25-11-6-19-46(53)48-22-14-28-57-59(48)50-21-8-13-27-56(50)63-57)54-38-37-49-47-20-7-12-26-55(47)64-60(49)58(54)41-31-35-42(36-32-41)61-51-23-9-4-17-44(51)45-18-5-10-24-52(45)61/h1-38H. The SMILES string of the molecule is c1ccc(-c2ccc(N(c3ccccc3-c3cccc4oc5ccccc5c34)c3ccc4c(oc5ccccc54)c3-c3ccc(-n4c5ccccc5c5ccccc54)cc3)cc2)cc1. The maximum atomic E-state index is 6.96. The van der Waals surface area contributed by atoms with E-state index in [1.165, 1.54) is 27.4 Å². The largest absolute Gasteiger partial charge is 0.456 e. The first-order valence-corrected chi connectivity index (χ1v) is 21.8. The molecule has 0 radical (unpaired) electrons. The van der Waals surface area contributed by atoms with Gasteiger partial charge >= 0.3 is 0 Å². The molecule has 10 aromatic carbocycles. The fraction of sp³-hybridized carbons (Fsp3) is 0. The third-order valence-corrected chi connectivity index (χ3v) is 12.8. The first-order valence-electron chi connectivity index (χ1n) is 21.8. The highest BCUT2D eigenvalue weighted by Crippen LogP contribution is 2.50. The van der Waals surface area contributed by atoms with Crippen molar-refractivity contribution in [1.82, 2.24) is 4.57 Å². The van der Waals surface area contributed by atoms with Crippen LogP contribution in [0.25, 0.3) is 105 Å². The molecule has 0 amide bonds. The number of aromatic nitrogens is 1. The van der Waals surface area contributed by atoms with E-state index in [9.17, 15) is 0 Å². The zero-order valence-electron chi connectivity index (χ0n) is 34.7. The number of fused-ring (bicyclic) bond motifs is 9. The van der Waals surface area contributed by atoms with Gasteiger partial charge in [-0.15, -0.1) is 0 Å². The number of benzene rings is 10. The van der Waals surface area contributed by atoms with Crippen molar-refractivity contribution in [3.05, 3.63) is 231 Å². The molecule has 0 N–H and O–H groups in total. The lowest BCUT2D eigenvalue weighted by atomic mass is 9.95. The van der Waals surface area contributed by atoms with Crippen LogP contribution in [0.5, 0.6) is 0 Å². The second kappa shape index (κ2) is 14.5. The quantitative estimate of drug-likeness (QED) is 0.161. The summed E-state index contributed by atoms with van der Waals surface area (Å²) in [5.41, 5.74) is 16.5. The number of hydrogen-bond acceptors (Lipinski definition) is 3. The number of rotatable bonds is 7. The topological polar surface area (TPSA) is 34.5 Å². The van der Waals surface area contributed by atoms with E-state index in [0.29, 0.717) is 0 Å². The minimum Gasteiger partial charge on any atom is -0.456 e. The molecular formula is C60H38N2O2. The zero-order chi connectivity index (χ0) is 42.1.